The first-order chi connectivity index (χ1) is 7.70. The molecule has 0 amide bonds. The van der Waals surface area contributed by atoms with Gasteiger partial charge in [0.2, 0.25) is 0 Å². The van der Waals surface area contributed by atoms with Crippen LogP contribution in [-0.4, -0.2) is 20.5 Å². The van der Waals surface area contributed by atoms with E-state index in [1.165, 1.54) is 0 Å². The van der Waals surface area contributed by atoms with Gasteiger partial charge in [-0.2, -0.15) is 13.2 Å². The van der Waals surface area contributed by atoms with Crippen molar-refractivity contribution in [1.29, 1.82) is 0 Å². The van der Waals surface area contributed by atoms with Crippen LogP contribution in [0.2, 0.25) is 0 Å². The van der Waals surface area contributed by atoms with E-state index in [1.54, 1.807) is 6.92 Å². The SMILES string of the molecule is CCNc1ccc(F)cc1S(=O)(=O)C(F)(F)F. The van der Waals surface area contributed by atoms with E-state index in [0.717, 1.165) is 12.1 Å². The van der Waals surface area contributed by atoms with E-state index >= 15 is 0 Å². The number of hydrogen-bond donors (Lipinski definition) is 1. The van der Waals surface area contributed by atoms with Crippen molar-refractivity contribution in [3.8, 4) is 0 Å². The summed E-state index contributed by atoms with van der Waals surface area (Å²) in [6, 6.07) is 2.19. The van der Waals surface area contributed by atoms with Gasteiger partial charge in [0.25, 0.3) is 9.84 Å². The lowest BCUT2D eigenvalue weighted by atomic mass is 10.3. The number of halogens is 4. The largest absolute Gasteiger partial charge is 0.501 e. The predicted octanol–water partition coefficient (Wildman–Crippen LogP) is 2.55. The number of anilines is 1. The molecule has 0 radical (unpaired) electrons. The number of benzene rings is 1. The van der Waals surface area contributed by atoms with Crippen molar-refractivity contribution >= 4 is 15.5 Å². The topological polar surface area (TPSA) is 46.2 Å². The summed E-state index contributed by atoms with van der Waals surface area (Å²) in [5.74, 6) is -1.05. The number of nitrogens with one attached hydrogen (secondary N) is 1. The first kappa shape index (κ1) is 13.8. The zero-order valence-corrected chi connectivity index (χ0v) is 9.49. The summed E-state index contributed by atoms with van der Waals surface area (Å²) in [6.07, 6.45) is 0. The summed E-state index contributed by atoms with van der Waals surface area (Å²) in [7, 11) is -5.55. The molecule has 0 aliphatic rings. The predicted molar refractivity (Wildman–Crippen MR) is 53.8 cm³/mol. The van der Waals surface area contributed by atoms with Crippen LogP contribution in [0.4, 0.5) is 23.2 Å². The smallest absolute Gasteiger partial charge is 0.384 e. The Bertz CT molecular complexity index is 510. The summed E-state index contributed by atoms with van der Waals surface area (Å²) >= 11 is 0. The van der Waals surface area contributed by atoms with Crippen LogP contribution in [0.5, 0.6) is 0 Å². The van der Waals surface area contributed by atoms with E-state index in [0.29, 0.717) is 6.07 Å². The molecule has 8 heteroatoms. The highest BCUT2D eigenvalue weighted by atomic mass is 32.2. The van der Waals surface area contributed by atoms with Gasteiger partial charge in [-0.05, 0) is 25.1 Å². The molecule has 0 aromatic heterocycles. The van der Waals surface area contributed by atoms with Crippen LogP contribution in [0.3, 0.4) is 0 Å². The zero-order valence-electron chi connectivity index (χ0n) is 8.68. The van der Waals surface area contributed by atoms with Crippen LogP contribution in [0.1, 0.15) is 6.92 Å². The first-order valence-electron chi connectivity index (χ1n) is 4.55. The van der Waals surface area contributed by atoms with Crippen molar-refractivity contribution in [1.82, 2.24) is 0 Å². The van der Waals surface area contributed by atoms with Gasteiger partial charge in [0.05, 0.1) is 5.69 Å². The summed E-state index contributed by atoms with van der Waals surface area (Å²) in [5, 5.41) is 2.44. The summed E-state index contributed by atoms with van der Waals surface area (Å²) in [4.78, 5) is -1.10. The van der Waals surface area contributed by atoms with Gasteiger partial charge in [-0.25, -0.2) is 12.8 Å². The van der Waals surface area contributed by atoms with Gasteiger partial charge in [-0.3, -0.25) is 0 Å². The molecule has 0 bridgehead atoms. The molecule has 1 aromatic carbocycles. The van der Waals surface area contributed by atoms with Gasteiger partial charge in [-0.1, -0.05) is 0 Å². The van der Waals surface area contributed by atoms with E-state index in [2.05, 4.69) is 5.32 Å². The minimum absolute atomic E-state index is 0.214. The summed E-state index contributed by atoms with van der Waals surface area (Å²) < 4.78 is 72.2. The van der Waals surface area contributed by atoms with E-state index < -0.39 is 26.1 Å². The molecule has 0 saturated carbocycles. The molecule has 96 valence electrons. The molecule has 1 rings (SSSR count). The Kier molecular flexibility index (Phi) is 3.65. The highest BCUT2D eigenvalue weighted by Gasteiger charge is 2.48. The Hall–Kier alpha value is -1.31. The second kappa shape index (κ2) is 4.52. The fraction of sp³-hybridized carbons (Fsp3) is 0.333. The highest BCUT2D eigenvalue weighted by Crippen LogP contribution is 2.34. The quantitative estimate of drug-likeness (QED) is 0.859. The third kappa shape index (κ3) is 2.68. The van der Waals surface area contributed by atoms with Crippen LogP contribution in [0, 0.1) is 5.82 Å². The average Bonchev–Trinajstić information content (AvgIpc) is 2.19. The molecule has 0 atom stereocenters. The van der Waals surface area contributed by atoms with Crippen molar-refractivity contribution in [2.24, 2.45) is 0 Å². The fourth-order valence-electron chi connectivity index (χ4n) is 1.18. The zero-order chi connectivity index (χ0) is 13.3. The van der Waals surface area contributed by atoms with Crippen LogP contribution in [0.25, 0.3) is 0 Å². The first-order valence-corrected chi connectivity index (χ1v) is 6.03. The lowest BCUT2D eigenvalue weighted by Crippen LogP contribution is -2.24. The highest BCUT2D eigenvalue weighted by molar-refractivity contribution is 7.92. The lowest BCUT2D eigenvalue weighted by molar-refractivity contribution is -0.0435. The lowest BCUT2D eigenvalue weighted by Gasteiger charge is -2.13. The molecule has 0 aliphatic heterocycles. The molecule has 17 heavy (non-hydrogen) atoms. The molecular weight excluding hydrogens is 262 g/mol. The third-order valence-corrected chi connectivity index (χ3v) is 3.43. The maximum absolute atomic E-state index is 12.8. The molecule has 0 unspecified atom stereocenters. The minimum Gasteiger partial charge on any atom is -0.384 e. The molecule has 0 fully saturated rings. The van der Waals surface area contributed by atoms with Crippen LogP contribution < -0.4 is 5.32 Å². The van der Waals surface area contributed by atoms with Crippen molar-refractivity contribution < 1.29 is 26.0 Å². The standard InChI is InChI=1S/C9H9F4NO2S/c1-2-14-7-4-3-6(10)5-8(7)17(15,16)9(11,12)13/h3-5,14H,2H2,1H3. The second-order valence-electron chi connectivity index (χ2n) is 3.12. The van der Waals surface area contributed by atoms with Crippen LogP contribution in [0.15, 0.2) is 23.1 Å². The van der Waals surface area contributed by atoms with Crippen molar-refractivity contribution in [3.05, 3.63) is 24.0 Å². The average molecular weight is 271 g/mol. The van der Waals surface area contributed by atoms with E-state index in [-0.39, 0.29) is 12.2 Å². The minimum atomic E-state index is -5.55. The van der Waals surface area contributed by atoms with E-state index in [9.17, 15) is 26.0 Å². The monoisotopic (exact) mass is 271 g/mol. The Morgan fingerprint density at radius 3 is 2.35 bits per heavy atom. The number of rotatable bonds is 3. The van der Waals surface area contributed by atoms with Crippen LogP contribution in [-0.2, 0) is 9.84 Å². The summed E-state index contributed by atoms with van der Waals surface area (Å²) in [5.41, 5.74) is -5.73. The normalized spacial score (nSPS) is 12.5. The molecule has 0 heterocycles. The third-order valence-electron chi connectivity index (χ3n) is 1.91. The van der Waals surface area contributed by atoms with Gasteiger partial charge >= 0.3 is 5.51 Å². The maximum atomic E-state index is 12.8. The van der Waals surface area contributed by atoms with E-state index in [1.807, 2.05) is 0 Å². The van der Waals surface area contributed by atoms with Crippen LogP contribution >= 0.6 is 0 Å². The Labute approximate surface area is 95.4 Å². The summed E-state index contributed by atoms with van der Waals surface area (Å²) in [6.45, 7) is 1.79. The number of hydrogen-bond acceptors (Lipinski definition) is 3. The second-order valence-corrected chi connectivity index (χ2v) is 5.03. The van der Waals surface area contributed by atoms with Gasteiger partial charge in [0.1, 0.15) is 10.7 Å². The Morgan fingerprint density at radius 2 is 1.88 bits per heavy atom. The van der Waals surface area contributed by atoms with E-state index in [4.69, 9.17) is 0 Å². The Morgan fingerprint density at radius 1 is 1.29 bits per heavy atom. The Balaban J connectivity index is 3.44. The molecule has 1 N–H and O–H groups in total. The van der Waals surface area contributed by atoms with Crippen molar-refractivity contribution in [2.45, 2.75) is 17.3 Å². The number of alkyl halides is 3. The molecule has 0 aliphatic carbocycles. The molecule has 0 spiro atoms. The van der Waals surface area contributed by atoms with Gasteiger partial charge < -0.3 is 5.32 Å². The van der Waals surface area contributed by atoms with Crippen molar-refractivity contribution in [3.63, 3.8) is 0 Å². The molecule has 0 saturated heterocycles. The maximum Gasteiger partial charge on any atom is 0.501 e. The number of sulfone groups is 1. The van der Waals surface area contributed by atoms with Gasteiger partial charge in [0.15, 0.2) is 0 Å². The molecular formula is C9H9F4NO2S. The molecule has 3 nitrogen and oxygen atoms in total. The van der Waals surface area contributed by atoms with Crippen molar-refractivity contribution in [2.75, 3.05) is 11.9 Å². The molecule has 1 aromatic rings. The van der Waals surface area contributed by atoms with Gasteiger partial charge in [0, 0.05) is 6.54 Å². The van der Waals surface area contributed by atoms with Gasteiger partial charge in [-0.15, -0.1) is 0 Å². The fourth-order valence-corrected chi connectivity index (χ4v) is 2.13.